The summed E-state index contributed by atoms with van der Waals surface area (Å²) in [4.78, 5) is 15.1. The number of carboxylic acids is 1. The predicted octanol–water partition coefficient (Wildman–Crippen LogP) is 4.53. The van der Waals surface area contributed by atoms with Crippen molar-refractivity contribution in [3.63, 3.8) is 0 Å². The third-order valence-electron chi connectivity index (χ3n) is 3.34. The molecule has 0 saturated carbocycles. The number of hydrogen-bond donors (Lipinski definition) is 1. The van der Waals surface area contributed by atoms with Crippen molar-refractivity contribution in [3.05, 3.63) is 59.8 Å². The topological polar surface area (TPSA) is 68.7 Å². The third kappa shape index (κ3) is 3.75. The van der Waals surface area contributed by atoms with E-state index in [1.54, 1.807) is 36.5 Å². The van der Waals surface area contributed by atoms with Crippen LogP contribution in [0.15, 0.2) is 54.7 Å². The standard InChI is InChI=1S/C18H14ClNO4/c1-11(18(21)22)23-14-3-5-15(6-4-14)24-16-9-12-8-13(19)2-7-17(12)20-10-16/h2-11H,1H3,(H,21,22). The number of benzene rings is 2. The van der Waals surface area contributed by atoms with Gasteiger partial charge in [-0.15, -0.1) is 0 Å². The zero-order valence-electron chi connectivity index (χ0n) is 12.8. The van der Waals surface area contributed by atoms with Gasteiger partial charge in [0, 0.05) is 10.4 Å². The molecule has 3 rings (SSSR count). The summed E-state index contributed by atoms with van der Waals surface area (Å²) >= 11 is 5.99. The average molecular weight is 344 g/mol. The van der Waals surface area contributed by atoms with Crippen LogP contribution in [-0.2, 0) is 4.79 Å². The molecule has 2 aromatic carbocycles. The second kappa shape index (κ2) is 6.76. The Morgan fingerprint density at radius 2 is 1.79 bits per heavy atom. The highest BCUT2D eigenvalue weighted by Crippen LogP contribution is 2.27. The number of ether oxygens (including phenoxy) is 2. The maximum absolute atomic E-state index is 10.8. The van der Waals surface area contributed by atoms with Crippen molar-refractivity contribution in [1.82, 2.24) is 4.98 Å². The Morgan fingerprint density at radius 1 is 1.08 bits per heavy atom. The van der Waals surface area contributed by atoms with Gasteiger partial charge in [-0.25, -0.2) is 4.79 Å². The summed E-state index contributed by atoms with van der Waals surface area (Å²) in [6.45, 7) is 1.47. The molecular formula is C18H14ClNO4. The molecule has 6 heteroatoms. The van der Waals surface area contributed by atoms with Gasteiger partial charge < -0.3 is 14.6 Å². The maximum atomic E-state index is 10.8. The summed E-state index contributed by atoms with van der Waals surface area (Å²) in [6.07, 6.45) is 0.721. The Balaban J connectivity index is 1.75. The molecule has 1 heterocycles. The summed E-state index contributed by atoms with van der Waals surface area (Å²) in [5, 5.41) is 10.4. The van der Waals surface area contributed by atoms with Crippen LogP contribution in [-0.4, -0.2) is 22.2 Å². The van der Waals surface area contributed by atoms with Crippen LogP contribution >= 0.6 is 11.6 Å². The van der Waals surface area contributed by atoms with E-state index >= 15 is 0 Å². The van der Waals surface area contributed by atoms with Crippen molar-refractivity contribution in [2.24, 2.45) is 0 Å². The smallest absolute Gasteiger partial charge is 0.344 e. The van der Waals surface area contributed by atoms with Gasteiger partial charge in [0.05, 0.1) is 11.7 Å². The molecule has 0 fully saturated rings. The van der Waals surface area contributed by atoms with Crippen molar-refractivity contribution in [1.29, 1.82) is 0 Å². The highest BCUT2D eigenvalue weighted by molar-refractivity contribution is 6.31. The van der Waals surface area contributed by atoms with Crippen LogP contribution in [0, 0.1) is 0 Å². The Kier molecular flexibility index (Phi) is 4.53. The Bertz CT molecular complexity index is 880. The van der Waals surface area contributed by atoms with Crippen molar-refractivity contribution in [3.8, 4) is 17.2 Å². The molecule has 24 heavy (non-hydrogen) atoms. The zero-order valence-corrected chi connectivity index (χ0v) is 13.5. The van der Waals surface area contributed by atoms with Crippen molar-refractivity contribution in [2.45, 2.75) is 13.0 Å². The lowest BCUT2D eigenvalue weighted by molar-refractivity contribution is -0.144. The number of aromatic nitrogens is 1. The summed E-state index contributed by atoms with van der Waals surface area (Å²) < 4.78 is 11.0. The fourth-order valence-corrected chi connectivity index (χ4v) is 2.30. The SMILES string of the molecule is CC(Oc1ccc(Oc2cnc3ccc(Cl)cc3c2)cc1)C(=O)O. The summed E-state index contributed by atoms with van der Waals surface area (Å²) in [5.74, 6) is 0.614. The second-order valence-electron chi connectivity index (χ2n) is 5.18. The molecule has 0 aliphatic rings. The lowest BCUT2D eigenvalue weighted by Crippen LogP contribution is -2.22. The number of halogens is 1. The number of hydrogen-bond acceptors (Lipinski definition) is 4. The van der Waals surface area contributed by atoms with Gasteiger partial charge in [-0.1, -0.05) is 11.6 Å². The Hall–Kier alpha value is -2.79. The summed E-state index contributed by atoms with van der Waals surface area (Å²) in [6, 6.07) is 14.0. The molecule has 1 N–H and O–H groups in total. The van der Waals surface area contributed by atoms with Crippen LogP contribution in [0.5, 0.6) is 17.2 Å². The van der Waals surface area contributed by atoms with E-state index in [0.29, 0.717) is 22.3 Å². The van der Waals surface area contributed by atoms with Crippen LogP contribution in [0.2, 0.25) is 5.02 Å². The van der Waals surface area contributed by atoms with E-state index in [0.717, 1.165) is 10.9 Å². The van der Waals surface area contributed by atoms with E-state index in [1.165, 1.54) is 6.92 Å². The zero-order chi connectivity index (χ0) is 17.1. The van der Waals surface area contributed by atoms with Crippen LogP contribution in [0.4, 0.5) is 0 Å². The fraction of sp³-hybridized carbons (Fsp3) is 0.111. The number of carbonyl (C=O) groups is 1. The normalized spacial score (nSPS) is 11.9. The van der Waals surface area contributed by atoms with Gasteiger partial charge in [0.1, 0.15) is 17.2 Å². The predicted molar refractivity (Wildman–Crippen MR) is 91.0 cm³/mol. The van der Waals surface area contributed by atoms with E-state index in [4.69, 9.17) is 26.2 Å². The van der Waals surface area contributed by atoms with Crippen LogP contribution in [0.25, 0.3) is 10.9 Å². The Labute approximate surface area is 143 Å². The Morgan fingerprint density at radius 3 is 2.50 bits per heavy atom. The first-order chi connectivity index (χ1) is 11.5. The van der Waals surface area contributed by atoms with Crippen molar-refractivity contribution < 1.29 is 19.4 Å². The van der Waals surface area contributed by atoms with Gasteiger partial charge in [0.2, 0.25) is 0 Å². The van der Waals surface area contributed by atoms with E-state index in [2.05, 4.69) is 4.98 Å². The molecule has 122 valence electrons. The molecule has 1 unspecified atom stereocenters. The quantitative estimate of drug-likeness (QED) is 0.737. The highest BCUT2D eigenvalue weighted by atomic mass is 35.5. The molecule has 1 aromatic heterocycles. The summed E-state index contributed by atoms with van der Waals surface area (Å²) in [7, 11) is 0. The van der Waals surface area contributed by atoms with Gasteiger partial charge in [0.25, 0.3) is 0 Å². The molecule has 0 aliphatic carbocycles. The minimum absolute atomic E-state index is 0.459. The van der Waals surface area contributed by atoms with Gasteiger partial charge in [-0.3, -0.25) is 4.98 Å². The van der Waals surface area contributed by atoms with Crippen LogP contribution < -0.4 is 9.47 Å². The van der Waals surface area contributed by atoms with Gasteiger partial charge >= 0.3 is 5.97 Å². The minimum atomic E-state index is -1.02. The van der Waals surface area contributed by atoms with E-state index in [-0.39, 0.29) is 0 Å². The van der Waals surface area contributed by atoms with Gasteiger partial charge in [0.15, 0.2) is 6.10 Å². The number of aliphatic carboxylic acids is 1. The molecule has 1 atom stereocenters. The monoisotopic (exact) mass is 343 g/mol. The van der Waals surface area contributed by atoms with Crippen molar-refractivity contribution in [2.75, 3.05) is 0 Å². The number of carboxylic acid groups (broad SMARTS) is 1. The minimum Gasteiger partial charge on any atom is -0.479 e. The van der Waals surface area contributed by atoms with Crippen molar-refractivity contribution >= 4 is 28.5 Å². The molecule has 0 aliphatic heterocycles. The molecule has 5 nitrogen and oxygen atoms in total. The number of fused-ring (bicyclic) bond motifs is 1. The molecule has 0 amide bonds. The lowest BCUT2D eigenvalue weighted by atomic mass is 10.2. The van der Waals surface area contributed by atoms with Gasteiger partial charge in [-0.2, -0.15) is 0 Å². The first-order valence-electron chi connectivity index (χ1n) is 7.24. The molecule has 0 bridgehead atoms. The van der Waals surface area contributed by atoms with E-state index in [9.17, 15) is 4.79 Å². The molecule has 0 spiro atoms. The lowest BCUT2D eigenvalue weighted by Gasteiger charge is -2.11. The third-order valence-corrected chi connectivity index (χ3v) is 3.57. The summed E-state index contributed by atoms with van der Waals surface area (Å²) in [5.41, 5.74) is 0.832. The molecule has 0 saturated heterocycles. The van der Waals surface area contributed by atoms with E-state index in [1.807, 2.05) is 18.2 Å². The fourth-order valence-electron chi connectivity index (χ4n) is 2.11. The number of nitrogens with zero attached hydrogens (tertiary/aromatic N) is 1. The number of rotatable bonds is 5. The van der Waals surface area contributed by atoms with Gasteiger partial charge in [-0.05, 0) is 55.5 Å². The maximum Gasteiger partial charge on any atom is 0.344 e. The van der Waals surface area contributed by atoms with E-state index < -0.39 is 12.1 Å². The molecule has 0 radical (unpaired) electrons. The first-order valence-corrected chi connectivity index (χ1v) is 7.62. The highest BCUT2D eigenvalue weighted by Gasteiger charge is 2.12. The average Bonchev–Trinajstić information content (AvgIpc) is 2.56. The second-order valence-corrected chi connectivity index (χ2v) is 5.62. The molecule has 3 aromatic rings. The largest absolute Gasteiger partial charge is 0.479 e. The van der Waals surface area contributed by atoms with Crippen LogP contribution in [0.3, 0.4) is 0 Å². The number of pyridine rings is 1. The first kappa shape index (κ1) is 16.1. The van der Waals surface area contributed by atoms with Crippen LogP contribution in [0.1, 0.15) is 6.92 Å². The molecular weight excluding hydrogens is 330 g/mol.